The van der Waals surface area contributed by atoms with Gasteiger partial charge in [-0.2, -0.15) is 0 Å². The van der Waals surface area contributed by atoms with Crippen molar-refractivity contribution in [1.82, 2.24) is 0 Å². The molecule has 0 spiro atoms. The van der Waals surface area contributed by atoms with Gasteiger partial charge in [-0.15, -0.1) is 0 Å². The second-order valence-corrected chi connectivity index (χ2v) is 3.22. The van der Waals surface area contributed by atoms with Crippen LogP contribution in [0.5, 0.6) is 0 Å². The second kappa shape index (κ2) is 2.54. The largest absolute Gasteiger partial charge is 0.273 e. The summed E-state index contributed by atoms with van der Waals surface area (Å²) in [6, 6.07) is 6.83. The zero-order chi connectivity index (χ0) is 8.60. The lowest BCUT2D eigenvalue weighted by molar-refractivity contribution is -0.0216. The highest BCUT2D eigenvalue weighted by Crippen LogP contribution is 2.39. The Balaban J connectivity index is 2.52. The van der Waals surface area contributed by atoms with Gasteiger partial charge in [0.25, 0.3) is 5.92 Å². The predicted molar refractivity (Wildman–Crippen MR) is 43.3 cm³/mol. The first-order valence-corrected chi connectivity index (χ1v) is 4.16. The van der Waals surface area contributed by atoms with Crippen LogP contribution in [0.15, 0.2) is 24.3 Å². The molecule has 2 heteroatoms. The molecule has 0 aliphatic heterocycles. The number of halogens is 2. The van der Waals surface area contributed by atoms with E-state index in [1.54, 1.807) is 12.1 Å². The second-order valence-electron chi connectivity index (χ2n) is 3.22. The van der Waals surface area contributed by atoms with Crippen LogP contribution in [0.4, 0.5) is 8.78 Å². The molecular weight excluding hydrogens is 158 g/mol. The average Bonchev–Trinajstić information content (AvgIpc) is 2.04. The van der Waals surface area contributed by atoms with E-state index in [0.29, 0.717) is 6.42 Å². The lowest BCUT2D eigenvalue weighted by Crippen LogP contribution is -2.20. The predicted octanol–water partition coefficient (Wildman–Crippen LogP) is 3.11. The van der Waals surface area contributed by atoms with E-state index in [2.05, 4.69) is 0 Å². The molecule has 0 fully saturated rings. The number of hydrogen-bond donors (Lipinski definition) is 0. The van der Waals surface area contributed by atoms with Crippen LogP contribution in [0.2, 0.25) is 0 Å². The maximum absolute atomic E-state index is 13.2. The molecule has 0 saturated heterocycles. The molecule has 2 rings (SSSR count). The maximum Gasteiger partial charge on any atom is 0.273 e. The van der Waals surface area contributed by atoms with Crippen molar-refractivity contribution in [1.29, 1.82) is 0 Å². The van der Waals surface area contributed by atoms with Gasteiger partial charge in [-0.05, 0) is 18.4 Å². The van der Waals surface area contributed by atoms with Gasteiger partial charge in [0.1, 0.15) is 0 Å². The average molecular weight is 168 g/mol. The van der Waals surface area contributed by atoms with Gasteiger partial charge in [-0.3, -0.25) is 0 Å². The normalized spacial score (nSPS) is 20.2. The Morgan fingerprint density at radius 2 is 1.92 bits per heavy atom. The molecule has 0 N–H and O–H groups in total. The van der Waals surface area contributed by atoms with Gasteiger partial charge in [0.2, 0.25) is 0 Å². The van der Waals surface area contributed by atoms with Crippen molar-refractivity contribution in [2.75, 3.05) is 0 Å². The van der Waals surface area contributed by atoms with Crippen LogP contribution >= 0.6 is 0 Å². The molecule has 0 atom stereocenters. The third-order valence-corrected chi connectivity index (χ3v) is 2.35. The highest BCUT2D eigenvalue weighted by Gasteiger charge is 2.35. The first-order valence-electron chi connectivity index (χ1n) is 4.16. The summed E-state index contributed by atoms with van der Waals surface area (Å²) >= 11 is 0. The van der Waals surface area contributed by atoms with Gasteiger partial charge in [0, 0.05) is 12.0 Å². The van der Waals surface area contributed by atoms with Gasteiger partial charge in [0.15, 0.2) is 0 Å². The first kappa shape index (κ1) is 7.71. The van der Waals surface area contributed by atoms with Crippen LogP contribution in [-0.2, 0) is 12.3 Å². The summed E-state index contributed by atoms with van der Waals surface area (Å²) < 4.78 is 26.4. The van der Waals surface area contributed by atoms with Crippen LogP contribution in [0.3, 0.4) is 0 Å². The minimum absolute atomic E-state index is 0.00398. The fraction of sp³-hybridized carbons (Fsp3) is 0.400. The minimum Gasteiger partial charge on any atom is -0.201 e. The van der Waals surface area contributed by atoms with Gasteiger partial charge >= 0.3 is 0 Å². The molecule has 0 radical (unpaired) electrons. The Hall–Kier alpha value is -0.920. The molecule has 0 saturated carbocycles. The Kier molecular flexibility index (Phi) is 1.63. The SMILES string of the molecule is FC1(F)CCCc2ccccc21. The standard InChI is InChI=1S/C10H10F2/c11-10(12)7-3-5-8-4-1-2-6-9(8)10/h1-2,4,6H,3,5,7H2. The fourth-order valence-corrected chi connectivity index (χ4v) is 1.73. The summed E-state index contributed by atoms with van der Waals surface area (Å²) in [5, 5.41) is 0. The monoisotopic (exact) mass is 168 g/mol. The summed E-state index contributed by atoms with van der Waals surface area (Å²) in [5.41, 5.74) is 1.05. The van der Waals surface area contributed by atoms with Crippen molar-refractivity contribution in [3.63, 3.8) is 0 Å². The molecule has 0 nitrogen and oxygen atoms in total. The summed E-state index contributed by atoms with van der Waals surface area (Å²) in [7, 11) is 0. The van der Waals surface area contributed by atoms with E-state index in [9.17, 15) is 8.78 Å². The molecule has 64 valence electrons. The van der Waals surface area contributed by atoms with Crippen LogP contribution in [0, 0.1) is 0 Å². The van der Waals surface area contributed by atoms with Crippen molar-refractivity contribution in [3.05, 3.63) is 35.4 Å². The lowest BCUT2D eigenvalue weighted by atomic mass is 9.89. The van der Waals surface area contributed by atoms with Gasteiger partial charge in [-0.1, -0.05) is 24.3 Å². The Morgan fingerprint density at radius 3 is 2.67 bits per heavy atom. The fourth-order valence-electron chi connectivity index (χ4n) is 1.73. The minimum atomic E-state index is -2.59. The van der Waals surface area contributed by atoms with Gasteiger partial charge in [-0.25, -0.2) is 8.78 Å². The number of alkyl halides is 2. The number of hydrogen-bond acceptors (Lipinski definition) is 0. The lowest BCUT2D eigenvalue weighted by Gasteiger charge is -2.24. The molecule has 0 heterocycles. The van der Waals surface area contributed by atoms with E-state index in [4.69, 9.17) is 0 Å². The van der Waals surface area contributed by atoms with Crippen molar-refractivity contribution >= 4 is 0 Å². The van der Waals surface area contributed by atoms with Crippen LogP contribution in [0.25, 0.3) is 0 Å². The molecule has 1 aliphatic carbocycles. The van der Waals surface area contributed by atoms with Crippen molar-refractivity contribution in [2.45, 2.75) is 25.2 Å². The molecule has 0 unspecified atom stereocenters. The van der Waals surface area contributed by atoms with E-state index in [-0.39, 0.29) is 12.0 Å². The van der Waals surface area contributed by atoms with E-state index < -0.39 is 5.92 Å². The summed E-state index contributed by atoms with van der Waals surface area (Å²) in [5.74, 6) is -2.59. The van der Waals surface area contributed by atoms with Crippen molar-refractivity contribution in [3.8, 4) is 0 Å². The maximum atomic E-state index is 13.2. The molecule has 12 heavy (non-hydrogen) atoms. The zero-order valence-corrected chi connectivity index (χ0v) is 6.69. The van der Waals surface area contributed by atoms with E-state index in [1.807, 2.05) is 6.07 Å². The third-order valence-electron chi connectivity index (χ3n) is 2.35. The van der Waals surface area contributed by atoms with E-state index in [0.717, 1.165) is 12.0 Å². The highest BCUT2D eigenvalue weighted by atomic mass is 19.3. The molecule has 1 aliphatic rings. The molecule has 1 aromatic carbocycles. The number of rotatable bonds is 0. The zero-order valence-electron chi connectivity index (χ0n) is 6.69. The Bertz CT molecular complexity index is 292. The summed E-state index contributed by atoms with van der Waals surface area (Å²) in [6.07, 6.45) is 1.40. The third kappa shape index (κ3) is 1.11. The van der Waals surface area contributed by atoms with Gasteiger partial charge < -0.3 is 0 Å². The summed E-state index contributed by atoms with van der Waals surface area (Å²) in [6.45, 7) is 0. The number of aryl methyl sites for hydroxylation is 1. The topological polar surface area (TPSA) is 0 Å². The van der Waals surface area contributed by atoms with Crippen LogP contribution in [0.1, 0.15) is 24.0 Å². The number of benzene rings is 1. The molecule has 0 amide bonds. The summed E-state index contributed by atoms with van der Waals surface area (Å²) in [4.78, 5) is 0. The highest BCUT2D eigenvalue weighted by molar-refractivity contribution is 5.32. The molecule has 0 aromatic heterocycles. The molecular formula is C10H10F2. The quantitative estimate of drug-likeness (QED) is 0.558. The van der Waals surface area contributed by atoms with E-state index >= 15 is 0 Å². The Labute approximate surface area is 70.2 Å². The van der Waals surface area contributed by atoms with Crippen molar-refractivity contribution in [2.24, 2.45) is 0 Å². The van der Waals surface area contributed by atoms with Gasteiger partial charge in [0.05, 0.1) is 0 Å². The first-order chi connectivity index (χ1) is 5.70. The van der Waals surface area contributed by atoms with Crippen LogP contribution < -0.4 is 0 Å². The Morgan fingerprint density at radius 1 is 1.17 bits per heavy atom. The molecule has 0 bridgehead atoms. The van der Waals surface area contributed by atoms with Crippen LogP contribution in [-0.4, -0.2) is 0 Å². The van der Waals surface area contributed by atoms with Crippen molar-refractivity contribution < 1.29 is 8.78 Å². The van der Waals surface area contributed by atoms with E-state index in [1.165, 1.54) is 6.07 Å². The molecule has 1 aromatic rings. The number of fused-ring (bicyclic) bond motifs is 1. The smallest absolute Gasteiger partial charge is 0.201 e.